The van der Waals surface area contributed by atoms with Crippen LogP contribution in [-0.4, -0.2) is 30.4 Å². The zero-order chi connectivity index (χ0) is 13.0. The number of carbonyl (C=O) groups is 1. The highest BCUT2D eigenvalue weighted by Crippen LogP contribution is 2.25. The normalized spacial score (nSPS) is 15.1. The van der Waals surface area contributed by atoms with Crippen molar-refractivity contribution in [2.75, 3.05) is 19.6 Å². The summed E-state index contributed by atoms with van der Waals surface area (Å²) in [4.78, 5) is 13.7. The Hall–Kier alpha value is -0.770. The number of hydrogen-bond donors (Lipinski definition) is 1. The lowest BCUT2D eigenvalue weighted by molar-refractivity contribution is -0.129. The molecule has 0 spiro atoms. The zero-order valence-electron chi connectivity index (χ0n) is 10.1. The Morgan fingerprint density at radius 1 is 1.28 bits per heavy atom. The molecule has 1 aliphatic rings. The summed E-state index contributed by atoms with van der Waals surface area (Å²) < 4.78 is 0. The van der Waals surface area contributed by atoms with E-state index in [0.717, 1.165) is 31.5 Å². The fourth-order valence-corrected chi connectivity index (χ4v) is 2.45. The average Bonchev–Trinajstić information content (AvgIpc) is 2.88. The van der Waals surface area contributed by atoms with Crippen LogP contribution in [0.4, 0.5) is 0 Å². The molecule has 1 N–H and O–H groups in total. The van der Waals surface area contributed by atoms with Gasteiger partial charge in [-0.2, -0.15) is 0 Å². The molecular formula is C13H16Cl2N2O. The molecule has 0 unspecified atom stereocenters. The van der Waals surface area contributed by atoms with Gasteiger partial charge in [0.25, 0.3) is 0 Å². The van der Waals surface area contributed by atoms with Crippen molar-refractivity contribution in [2.24, 2.45) is 0 Å². The van der Waals surface area contributed by atoms with E-state index >= 15 is 0 Å². The van der Waals surface area contributed by atoms with Crippen molar-refractivity contribution in [2.45, 2.75) is 19.4 Å². The third kappa shape index (κ3) is 3.37. The van der Waals surface area contributed by atoms with Crippen molar-refractivity contribution in [3.05, 3.63) is 33.8 Å². The Morgan fingerprint density at radius 3 is 2.72 bits per heavy atom. The predicted octanol–water partition coefficient (Wildman–Crippen LogP) is 2.71. The van der Waals surface area contributed by atoms with Crippen molar-refractivity contribution < 1.29 is 4.79 Å². The van der Waals surface area contributed by atoms with E-state index in [-0.39, 0.29) is 5.91 Å². The zero-order valence-corrected chi connectivity index (χ0v) is 11.6. The van der Waals surface area contributed by atoms with Crippen LogP contribution in [0.3, 0.4) is 0 Å². The molecule has 0 bridgehead atoms. The lowest BCUT2D eigenvalue weighted by atomic mass is 10.2. The summed E-state index contributed by atoms with van der Waals surface area (Å²) in [7, 11) is 0. The van der Waals surface area contributed by atoms with Gasteiger partial charge in [-0.3, -0.25) is 4.79 Å². The van der Waals surface area contributed by atoms with E-state index < -0.39 is 0 Å². The van der Waals surface area contributed by atoms with Gasteiger partial charge in [-0.25, -0.2) is 0 Å². The van der Waals surface area contributed by atoms with Gasteiger partial charge >= 0.3 is 0 Å². The van der Waals surface area contributed by atoms with E-state index in [0.29, 0.717) is 23.1 Å². The molecule has 0 atom stereocenters. The molecule has 1 aliphatic heterocycles. The number of benzene rings is 1. The fourth-order valence-electron chi connectivity index (χ4n) is 2.07. The van der Waals surface area contributed by atoms with Gasteiger partial charge in [0.1, 0.15) is 0 Å². The molecule has 18 heavy (non-hydrogen) atoms. The predicted molar refractivity (Wildman–Crippen MR) is 74.0 cm³/mol. The van der Waals surface area contributed by atoms with Crippen LogP contribution in [-0.2, 0) is 11.3 Å². The first-order valence-electron chi connectivity index (χ1n) is 6.10. The van der Waals surface area contributed by atoms with Gasteiger partial charge < -0.3 is 10.2 Å². The second-order valence-corrected chi connectivity index (χ2v) is 5.19. The molecule has 98 valence electrons. The molecule has 1 aromatic carbocycles. The summed E-state index contributed by atoms with van der Waals surface area (Å²) in [5.74, 6) is 0.158. The van der Waals surface area contributed by atoms with Crippen molar-refractivity contribution >= 4 is 29.1 Å². The first kappa shape index (κ1) is 13.7. The molecule has 0 aromatic heterocycles. The summed E-state index contributed by atoms with van der Waals surface area (Å²) in [5, 5.41) is 4.21. The first-order chi connectivity index (χ1) is 8.68. The van der Waals surface area contributed by atoms with Crippen LogP contribution in [0.5, 0.6) is 0 Å². The van der Waals surface area contributed by atoms with Crippen LogP contribution >= 0.6 is 23.2 Å². The molecule has 2 rings (SSSR count). The van der Waals surface area contributed by atoms with Gasteiger partial charge in [-0.15, -0.1) is 0 Å². The van der Waals surface area contributed by atoms with E-state index in [2.05, 4.69) is 5.32 Å². The van der Waals surface area contributed by atoms with E-state index in [9.17, 15) is 4.79 Å². The number of carbonyl (C=O) groups excluding carboxylic acids is 1. The van der Waals surface area contributed by atoms with Crippen LogP contribution < -0.4 is 5.32 Å². The van der Waals surface area contributed by atoms with Gasteiger partial charge in [0.15, 0.2) is 0 Å². The summed E-state index contributed by atoms with van der Waals surface area (Å²) in [6, 6.07) is 5.51. The van der Waals surface area contributed by atoms with Gasteiger partial charge in [0.2, 0.25) is 5.91 Å². The smallest absolute Gasteiger partial charge is 0.236 e. The molecular weight excluding hydrogens is 271 g/mol. The number of likely N-dealkylation sites (tertiary alicyclic amines) is 1. The lowest BCUT2D eigenvalue weighted by Crippen LogP contribution is -2.36. The highest BCUT2D eigenvalue weighted by atomic mass is 35.5. The van der Waals surface area contributed by atoms with Crippen molar-refractivity contribution in [3.8, 4) is 0 Å². The summed E-state index contributed by atoms with van der Waals surface area (Å²) in [6.07, 6.45) is 2.23. The Bertz CT molecular complexity index is 431. The van der Waals surface area contributed by atoms with Gasteiger partial charge in [-0.1, -0.05) is 35.3 Å². The minimum atomic E-state index is 0.158. The molecule has 3 nitrogen and oxygen atoms in total. The highest BCUT2D eigenvalue weighted by Gasteiger charge is 2.17. The molecule has 0 aliphatic carbocycles. The number of halogens is 2. The quantitative estimate of drug-likeness (QED) is 0.923. The summed E-state index contributed by atoms with van der Waals surface area (Å²) >= 11 is 12.0. The van der Waals surface area contributed by atoms with Crippen LogP contribution in [0.2, 0.25) is 10.0 Å². The van der Waals surface area contributed by atoms with Gasteiger partial charge in [0, 0.05) is 19.6 Å². The van der Waals surface area contributed by atoms with Gasteiger partial charge in [-0.05, 0) is 24.5 Å². The standard InChI is InChI=1S/C13H16Cl2N2O/c14-11-5-3-4-10(13(11)15)8-16-9-12(18)17-6-1-2-7-17/h3-5,16H,1-2,6-9H2. The van der Waals surface area contributed by atoms with Gasteiger partial charge in [0.05, 0.1) is 16.6 Å². The molecule has 1 fully saturated rings. The molecule has 1 saturated heterocycles. The molecule has 1 heterocycles. The number of hydrogen-bond acceptors (Lipinski definition) is 2. The maximum atomic E-state index is 11.8. The second kappa shape index (κ2) is 6.41. The van der Waals surface area contributed by atoms with Crippen molar-refractivity contribution in [1.82, 2.24) is 10.2 Å². The first-order valence-corrected chi connectivity index (χ1v) is 6.85. The lowest BCUT2D eigenvalue weighted by Gasteiger charge is -2.15. The number of nitrogens with one attached hydrogen (secondary N) is 1. The average molecular weight is 287 g/mol. The SMILES string of the molecule is O=C(CNCc1cccc(Cl)c1Cl)N1CCCC1. The largest absolute Gasteiger partial charge is 0.342 e. The fraction of sp³-hybridized carbons (Fsp3) is 0.462. The minimum Gasteiger partial charge on any atom is -0.342 e. The molecule has 0 radical (unpaired) electrons. The Kier molecular flexibility index (Phi) is 4.87. The number of nitrogens with zero attached hydrogens (tertiary/aromatic N) is 1. The monoisotopic (exact) mass is 286 g/mol. The van der Waals surface area contributed by atoms with Crippen LogP contribution in [0.25, 0.3) is 0 Å². The molecule has 0 saturated carbocycles. The Balaban J connectivity index is 1.81. The van der Waals surface area contributed by atoms with Crippen molar-refractivity contribution in [3.63, 3.8) is 0 Å². The number of rotatable bonds is 4. The highest BCUT2D eigenvalue weighted by molar-refractivity contribution is 6.42. The third-order valence-electron chi connectivity index (χ3n) is 3.08. The van der Waals surface area contributed by atoms with E-state index in [1.807, 2.05) is 17.0 Å². The van der Waals surface area contributed by atoms with Crippen LogP contribution in [0.15, 0.2) is 18.2 Å². The molecule has 1 aromatic rings. The van der Waals surface area contributed by atoms with E-state index in [4.69, 9.17) is 23.2 Å². The maximum Gasteiger partial charge on any atom is 0.236 e. The topological polar surface area (TPSA) is 32.3 Å². The van der Waals surface area contributed by atoms with Crippen LogP contribution in [0.1, 0.15) is 18.4 Å². The Morgan fingerprint density at radius 2 is 2.00 bits per heavy atom. The third-order valence-corrected chi connectivity index (χ3v) is 3.94. The van der Waals surface area contributed by atoms with Crippen LogP contribution in [0, 0.1) is 0 Å². The van der Waals surface area contributed by atoms with E-state index in [1.54, 1.807) is 6.07 Å². The summed E-state index contributed by atoms with van der Waals surface area (Å²) in [6.45, 7) is 2.68. The van der Waals surface area contributed by atoms with Crippen molar-refractivity contribution in [1.29, 1.82) is 0 Å². The molecule has 1 amide bonds. The maximum absolute atomic E-state index is 11.8. The summed E-state index contributed by atoms with van der Waals surface area (Å²) in [5.41, 5.74) is 0.915. The Labute approximate surface area is 117 Å². The minimum absolute atomic E-state index is 0.158. The molecule has 5 heteroatoms. The van der Waals surface area contributed by atoms with E-state index in [1.165, 1.54) is 0 Å². The second-order valence-electron chi connectivity index (χ2n) is 4.40. The number of amides is 1.